The predicted octanol–water partition coefficient (Wildman–Crippen LogP) is 2.61. The van der Waals surface area contributed by atoms with Gasteiger partial charge >= 0.3 is 0 Å². The fourth-order valence-corrected chi connectivity index (χ4v) is 1.87. The largest absolute Gasteiger partial charge is 0.337 e. The molecule has 0 aliphatic carbocycles. The second kappa shape index (κ2) is 5.42. The Hall–Kier alpha value is -1.20. The first-order valence-corrected chi connectivity index (χ1v) is 6.07. The molecule has 0 radical (unpaired) electrons. The van der Waals surface area contributed by atoms with Gasteiger partial charge in [-0.25, -0.2) is 9.37 Å². The van der Waals surface area contributed by atoms with Crippen LogP contribution in [0.15, 0.2) is 35.1 Å². The van der Waals surface area contributed by atoms with Crippen molar-refractivity contribution < 1.29 is 4.39 Å². The summed E-state index contributed by atoms with van der Waals surface area (Å²) in [5, 5.41) is 3.17. The van der Waals surface area contributed by atoms with Crippen LogP contribution in [-0.4, -0.2) is 9.55 Å². The molecule has 1 heterocycles. The smallest absolute Gasteiger partial charge is 0.128 e. The van der Waals surface area contributed by atoms with Crippen molar-refractivity contribution in [2.45, 2.75) is 13.1 Å². The molecule has 0 saturated carbocycles. The third kappa shape index (κ3) is 3.14. The molecule has 0 atom stereocenters. The Balaban J connectivity index is 1.92. The van der Waals surface area contributed by atoms with Crippen LogP contribution in [0.3, 0.4) is 0 Å². The minimum atomic E-state index is -0.202. The van der Waals surface area contributed by atoms with E-state index in [0.717, 1.165) is 10.3 Å². The maximum atomic E-state index is 13.5. The SMILES string of the molecule is Cn1ccnc1CNCc1ccc(Br)cc1F. The van der Waals surface area contributed by atoms with Gasteiger partial charge < -0.3 is 9.88 Å². The molecule has 2 aromatic rings. The van der Waals surface area contributed by atoms with Crippen LogP contribution in [0.25, 0.3) is 0 Å². The van der Waals surface area contributed by atoms with Gasteiger partial charge in [-0.3, -0.25) is 0 Å². The number of hydrogen-bond acceptors (Lipinski definition) is 2. The van der Waals surface area contributed by atoms with Crippen molar-refractivity contribution in [2.75, 3.05) is 0 Å². The molecule has 0 aliphatic heterocycles. The van der Waals surface area contributed by atoms with E-state index in [9.17, 15) is 4.39 Å². The molecule has 5 heteroatoms. The van der Waals surface area contributed by atoms with Crippen LogP contribution in [0.5, 0.6) is 0 Å². The molecule has 0 bridgehead atoms. The van der Waals surface area contributed by atoms with Gasteiger partial charge in [-0.1, -0.05) is 22.0 Å². The Labute approximate surface area is 108 Å². The van der Waals surface area contributed by atoms with Gasteiger partial charge in [-0.05, 0) is 12.1 Å². The van der Waals surface area contributed by atoms with Gasteiger partial charge in [0, 0.05) is 36.0 Å². The first-order chi connectivity index (χ1) is 8.16. The van der Waals surface area contributed by atoms with E-state index in [4.69, 9.17) is 0 Å². The minimum Gasteiger partial charge on any atom is -0.337 e. The summed E-state index contributed by atoms with van der Waals surface area (Å²) in [7, 11) is 1.93. The van der Waals surface area contributed by atoms with E-state index in [1.165, 1.54) is 6.07 Å². The van der Waals surface area contributed by atoms with E-state index in [1.807, 2.05) is 23.9 Å². The molecule has 1 N–H and O–H groups in total. The number of nitrogens with zero attached hydrogens (tertiary/aromatic N) is 2. The number of halogens is 2. The number of hydrogen-bond donors (Lipinski definition) is 1. The van der Waals surface area contributed by atoms with Crippen LogP contribution in [-0.2, 0) is 20.1 Å². The molecule has 17 heavy (non-hydrogen) atoms. The summed E-state index contributed by atoms with van der Waals surface area (Å²) in [5.41, 5.74) is 0.655. The molecule has 0 saturated heterocycles. The summed E-state index contributed by atoms with van der Waals surface area (Å²) in [6.07, 6.45) is 3.63. The zero-order valence-electron chi connectivity index (χ0n) is 9.45. The van der Waals surface area contributed by atoms with Crippen LogP contribution in [0.4, 0.5) is 4.39 Å². The van der Waals surface area contributed by atoms with Crippen molar-refractivity contribution >= 4 is 15.9 Å². The predicted molar refractivity (Wildman–Crippen MR) is 67.9 cm³/mol. The van der Waals surface area contributed by atoms with Gasteiger partial charge in [0.15, 0.2) is 0 Å². The fourth-order valence-electron chi connectivity index (χ4n) is 1.54. The molecule has 0 fully saturated rings. The number of rotatable bonds is 4. The topological polar surface area (TPSA) is 29.9 Å². The number of aryl methyl sites for hydroxylation is 1. The molecule has 0 aliphatic rings. The van der Waals surface area contributed by atoms with E-state index in [-0.39, 0.29) is 5.82 Å². The number of nitrogens with one attached hydrogen (secondary N) is 1. The molecule has 1 aromatic carbocycles. The number of benzene rings is 1. The maximum absolute atomic E-state index is 13.5. The molecule has 0 spiro atoms. The lowest BCUT2D eigenvalue weighted by molar-refractivity contribution is 0.577. The highest BCUT2D eigenvalue weighted by Gasteiger charge is 2.03. The van der Waals surface area contributed by atoms with Crippen molar-refractivity contribution in [1.82, 2.24) is 14.9 Å². The zero-order chi connectivity index (χ0) is 12.3. The average molecular weight is 298 g/mol. The van der Waals surface area contributed by atoms with E-state index in [0.29, 0.717) is 18.7 Å². The van der Waals surface area contributed by atoms with Crippen LogP contribution in [0.1, 0.15) is 11.4 Å². The molecule has 0 unspecified atom stereocenters. The summed E-state index contributed by atoms with van der Waals surface area (Å²) < 4.78 is 16.2. The normalized spacial score (nSPS) is 10.8. The molecule has 0 amide bonds. The van der Waals surface area contributed by atoms with E-state index >= 15 is 0 Å². The highest BCUT2D eigenvalue weighted by atomic mass is 79.9. The number of imidazole rings is 1. The Bertz CT molecular complexity index is 510. The van der Waals surface area contributed by atoms with Crippen molar-refractivity contribution in [1.29, 1.82) is 0 Å². The Morgan fingerprint density at radius 2 is 2.24 bits per heavy atom. The number of aromatic nitrogens is 2. The lowest BCUT2D eigenvalue weighted by atomic mass is 10.2. The highest BCUT2D eigenvalue weighted by molar-refractivity contribution is 9.10. The molecule has 1 aromatic heterocycles. The van der Waals surface area contributed by atoms with Gasteiger partial charge in [0.2, 0.25) is 0 Å². The molecule has 3 nitrogen and oxygen atoms in total. The first kappa shape index (κ1) is 12.3. The van der Waals surface area contributed by atoms with Crippen molar-refractivity contribution in [2.24, 2.45) is 7.05 Å². The lowest BCUT2D eigenvalue weighted by Gasteiger charge is -2.06. The third-order valence-electron chi connectivity index (χ3n) is 2.53. The van der Waals surface area contributed by atoms with Crippen LogP contribution in [0, 0.1) is 5.82 Å². The molecule has 90 valence electrons. The third-order valence-corrected chi connectivity index (χ3v) is 3.03. The molecule has 2 rings (SSSR count). The summed E-state index contributed by atoms with van der Waals surface area (Å²) in [6, 6.07) is 5.07. The Morgan fingerprint density at radius 3 is 2.88 bits per heavy atom. The summed E-state index contributed by atoms with van der Waals surface area (Å²) >= 11 is 3.23. The first-order valence-electron chi connectivity index (χ1n) is 5.27. The Kier molecular flexibility index (Phi) is 3.91. The Morgan fingerprint density at radius 1 is 1.41 bits per heavy atom. The van der Waals surface area contributed by atoms with Crippen molar-refractivity contribution in [3.8, 4) is 0 Å². The lowest BCUT2D eigenvalue weighted by Crippen LogP contribution is -2.16. The highest BCUT2D eigenvalue weighted by Crippen LogP contribution is 2.15. The van der Waals surface area contributed by atoms with Crippen LogP contribution >= 0.6 is 15.9 Å². The van der Waals surface area contributed by atoms with E-state index in [2.05, 4.69) is 26.2 Å². The van der Waals surface area contributed by atoms with Crippen LogP contribution in [0.2, 0.25) is 0 Å². The van der Waals surface area contributed by atoms with Crippen molar-refractivity contribution in [3.63, 3.8) is 0 Å². The fraction of sp³-hybridized carbons (Fsp3) is 0.250. The summed E-state index contributed by atoms with van der Waals surface area (Å²) in [5.74, 6) is 0.731. The summed E-state index contributed by atoms with van der Waals surface area (Å²) in [4.78, 5) is 4.18. The van der Waals surface area contributed by atoms with Gasteiger partial charge in [0.05, 0.1) is 6.54 Å². The van der Waals surface area contributed by atoms with Gasteiger partial charge in [-0.15, -0.1) is 0 Å². The molecular weight excluding hydrogens is 285 g/mol. The monoisotopic (exact) mass is 297 g/mol. The second-order valence-corrected chi connectivity index (χ2v) is 4.71. The molecular formula is C12H13BrFN3. The van der Waals surface area contributed by atoms with Crippen molar-refractivity contribution in [3.05, 3.63) is 52.3 Å². The van der Waals surface area contributed by atoms with Crippen LogP contribution < -0.4 is 5.32 Å². The van der Waals surface area contributed by atoms with Gasteiger partial charge in [-0.2, -0.15) is 0 Å². The second-order valence-electron chi connectivity index (χ2n) is 3.79. The average Bonchev–Trinajstić information content (AvgIpc) is 2.68. The zero-order valence-corrected chi connectivity index (χ0v) is 11.0. The van der Waals surface area contributed by atoms with E-state index in [1.54, 1.807) is 12.3 Å². The minimum absolute atomic E-state index is 0.202. The van der Waals surface area contributed by atoms with Gasteiger partial charge in [0.1, 0.15) is 11.6 Å². The van der Waals surface area contributed by atoms with Gasteiger partial charge in [0.25, 0.3) is 0 Å². The summed E-state index contributed by atoms with van der Waals surface area (Å²) in [6.45, 7) is 1.12. The standard InChI is InChI=1S/C12H13BrFN3/c1-17-5-4-16-12(17)8-15-7-9-2-3-10(13)6-11(9)14/h2-6,15H,7-8H2,1H3. The maximum Gasteiger partial charge on any atom is 0.128 e. The van der Waals surface area contributed by atoms with E-state index < -0.39 is 0 Å². The quantitative estimate of drug-likeness (QED) is 0.940.